The lowest BCUT2D eigenvalue weighted by atomic mass is 10.0. The molecule has 4 nitrogen and oxygen atoms in total. The SMILES string of the molecule is CCCC(CCO)CNC(=NCC(C)Cc1cccs1)NCC.I. The third kappa shape index (κ3) is 10.5. The minimum absolute atomic E-state index is 0. The number of halogens is 1. The van der Waals surface area contributed by atoms with Gasteiger partial charge < -0.3 is 15.7 Å². The van der Waals surface area contributed by atoms with E-state index in [2.05, 4.69) is 48.9 Å². The van der Waals surface area contributed by atoms with Crippen LogP contribution in [0.2, 0.25) is 0 Å². The van der Waals surface area contributed by atoms with Crippen molar-refractivity contribution in [2.75, 3.05) is 26.2 Å². The molecule has 2 unspecified atom stereocenters. The first-order chi connectivity index (χ1) is 11.2. The van der Waals surface area contributed by atoms with Crippen LogP contribution in [0.15, 0.2) is 22.5 Å². The van der Waals surface area contributed by atoms with Crippen molar-refractivity contribution in [2.24, 2.45) is 16.8 Å². The number of aliphatic hydroxyl groups excluding tert-OH is 1. The normalized spacial score (nSPS) is 13.9. The summed E-state index contributed by atoms with van der Waals surface area (Å²) in [6.07, 6.45) is 4.23. The molecule has 1 heterocycles. The summed E-state index contributed by atoms with van der Waals surface area (Å²) >= 11 is 1.82. The Kier molecular flexibility index (Phi) is 14.7. The van der Waals surface area contributed by atoms with Gasteiger partial charge in [-0.1, -0.05) is 26.3 Å². The number of hydrogen-bond donors (Lipinski definition) is 3. The summed E-state index contributed by atoms with van der Waals surface area (Å²) in [5, 5.41) is 18.0. The number of nitrogens with one attached hydrogen (secondary N) is 2. The van der Waals surface area contributed by atoms with Gasteiger partial charge in [0.2, 0.25) is 0 Å². The Morgan fingerprint density at radius 3 is 2.67 bits per heavy atom. The third-order valence-corrected chi connectivity index (χ3v) is 4.73. The Morgan fingerprint density at radius 2 is 2.08 bits per heavy atom. The molecule has 24 heavy (non-hydrogen) atoms. The average Bonchev–Trinajstić information content (AvgIpc) is 3.03. The van der Waals surface area contributed by atoms with E-state index < -0.39 is 0 Å². The van der Waals surface area contributed by atoms with E-state index in [9.17, 15) is 0 Å². The van der Waals surface area contributed by atoms with Gasteiger partial charge in [-0.2, -0.15) is 0 Å². The Hall–Kier alpha value is -0.340. The maximum absolute atomic E-state index is 9.16. The summed E-state index contributed by atoms with van der Waals surface area (Å²) in [4.78, 5) is 6.15. The van der Waals surface area contributed by atoms with Gasteiger partial charge in [-0.25, -0.2) is 0 Å². The zero-order valence-corrected chi connectivity index (χ0v) is 18.4. The van der Waals surface area contributed by atoms with E-state index in [0.717, 1.165) is 51.3 Å². The monoisotopic (exact) mass is 467 g/mol. The molecule has 0 amide bonds. The largest absolute Gasteiger partial charge is 0.396 e. The molecule has 0 spiro atoms. The fraction of sp³-hybridized carbons (Fsp3) is 0.722. The molecule has 1 aromatic rings. The van der Waals surface area contributed by atoms with Crippen molar-refractivity contribution >= 4 is 41.3 Å². The van der Waals surface area contributed by atoms with E-state index in [4.69, 9.17) is 10.1 Å². The number of nitrogens with zero attached hydrogens (tertiary/aromatic N) is 1. The molecule has 0 aromatic carbocycles. The van der Waals surface area contributed by atoms with Gasteiger partial charge in [0.05, 0.1) is 0 Å². The second kappa shape index (κ2) is 15.0. The molecule has 0 aliphatic rings. The predicted molar refractivity (Wildman–Crippen MR) is 117 cm³/mol. The van der Waals surface area contributed by atoms with Gasteiger partial charge in [-0.15, -0.1) is 35.3 Å². The molecule has 0 bridgehead atoms. The highest BCUT2D eigenvalue weighted by Crippen LogP contribution is 2.14. The second-order valence-corrected chi connectivity index (χ2v) is 7.19. The molecule has 3 N–H and O–H groups in total. The molecular weight excluding hydrogens is 433 g/mol. The van der Waals surface area contributed by atoms with Crippen LogP contribution in [-0.2, 0) is 6.42 Å². The van der Waals surface area contributed by atoms with Crippen LogP contribution in [0.5, 0.6) is 0 Å². The highest BCUT2D eigenvalue weighted by molar-refractivity contribution is 14.0. The number of rotatable bonds is 11. The second-order valence-electron chi connectivity index (χ2n) is 6.16. The van der Waals surface area contributed by atoms with E-state index in [1.807, 2.05) is 11.3 Å². The molecule has 1 rings (SSSR count). The Morgan fingerprint density at radius 1 is 1.29 bits per heavy atom. The van der Waals surface area contributed by atoms with Crippen molar-refractivity contribution in [2.45, 2.75) is 46.5 Å². The number of aliphatic hydroxyl groups is 1. The van der Waals surface area contributed by atoms with E-state index in [-0.39, 0.29) is 30.6 Å². The van der Waals surface area contributed by atoms with Crippen LogP contribution < -0.4 is 10.6 Å². The van der Waals surface area contributed by atoms with Crippen molar-refractivity contribution in [1.29, 1.82) is 0 Å². The van der Waals surface area contributed by atoms with Gasteiger partial charge in [0, 0.05) is 31.1 Å². The predicted octanol–water partition coefficient (Wildman–Crippen LogP) is 3.90. The van der Waals surface area contributed by atoms with E-state index in [0.29, 0.717) is 11.8 Å². The molecule has 0 aliphatic carbocycles. The third-order valence-electron chi connectivity index (χ3n) is 3.83. The first-order valence-corrected chi connectivity index (χ1v) is 9.72. The van der Waals surface area contributed by atoms with Crippen LogP contribution in [0, 0.1) is 11.8 Å². The minimum Gasteiger partial charge on any atom is -0.396 e. The highest BCUT2D eigenvalue weighted by atomic mass is 127. The maximum Gasteiger partial charge on any atom is 0.191 e. The summed E-state index contributed by atoms with van der Waals surface area (Å²) in [6.45, 7) is 9.35. The summed E-state index contributed by atoms with van der Waals surface area (Å²) in [5.74, 6) is 1.94. The van der Waals surface area contributed by atoms with Crippen molar-refractivity contribution in [1.82, 2.24) is 10.6 Å². The molecule has 0 saturated carbocycles. The molecule has 0 aliphatic heterocycles. The topological polar surface area (TPSA) is 56.6 Å². The number of aliphatic imine (C=N–C) groups is 1. The van der Waals surface area contributed by atoms with Crippen LogP contribution in [-0.4, -0.2) is 37.3 Å². The van der Waals surface area contributed by atoms with E-state index in [1.54, 1.807) is 0 Å². The summed E-state index contributed by atoms with van der Waals surface area (Å²) < 4.78 is 0. The van der Waals surface area contributed by atoms with E-state index >= 15 is 0 Å². The zero-order valence-electron chi connectivity index (χ0n) is 15.3. The Labute approximate surface area is 168 Å². The van der Waals surface area contributed by atoms with Crippen molar-refractivity contribution in [3.05, 3.63) is 22.4 Å². The summed E-state index contributed by atoms with van der Waals surface area (Å²) in [5.41, 5.74) is 0. The van der Waals surface area contributed by atoms with Crippen LogP contribution in [0.4, 0.5) is 0 Å². The van der Waals surface area contributed by atoms with Crippen LogP contribution >= 0.6 is 35.3 Å². The molecule has 140 valence electrons. The minimum atomic E-state index is 0. The molecule has 0 saturated heterocycles. The average molecular weight is 467 g/mol. The van der Waals surface area contributed by atoms with E-state index in [1.165, 1.54) is 4.88 Å². The first kappa shape index (κ1) is 23.7. The Bertz CT molecular complexity index is 420. The highest BCUT2D eigenvalue weighted by Gasteiger charge is 2.09. The van der Waals surface area contributed by atoms with Gasteiger partial charge in [-0.05, 0) is 49.5 Å². The van der Waals surface area contributed by atoms with Crippen LogP contribution in [0.25, 0.3) is 0 Å². The van der Waals surface area contributed by atoms with Crippen LogP contribution in [0.1, 0.15) is 44.9 Å². The number of thiophene rings is 1. The zero-order chi connectivity index (χ0) is 16.9. The molecule has 1 aromatic heterocycles. The van der Waals surface area contributed by atoms with Gasteiger partial charge >= 0.3 is 0 Å². The Balaban J connectivity index is 0.00000529. The fourth-order valence-corrected chi connectivity index (χ4v) is 3.48. The van der Waals surface area contributed by atoms with Gasteiger partial charge in [0.15, 0.2) is 5.96 Å². The fourth-order valence-electron chi connectivity index (χ4n) is 2.61. The molecule has 0 fully saturated rings. The van der Waals surface area contributed by atoms with Crippen molar-refractivity contribution in [3.63, 3.8) is 0 Å². The number of guanidine groups is 1. The summed E-state index contributed by atoms with van der Waals surface area (Å²) in [6, 6.07) is 4.30. The summed E-state index contributed by atoms with van der Waals surface area (Å²) in [7, 11) is 0. The lowest BCUT2D eigenvalue weighted by molar-refractivity contribution is 0.251. The van der Waals surface area contributed by atoms with Crippen molar-refractivity contribution < 1.29 is 5.11 Å². The molecule has 2 atom stereocenters. The first-order valence-electron chi connectivity index (χ1n) is 8.84. The number of hydrogen-bond acceptors (Lipinski definition) is 3. The molecular formula is C18H34IN3OS. The van der Waals surface area contributed by atoms with Crippen molar-refractivity contribution in [3.8, 4) is 0 Å². The maximum atomic E-state index is 9.16. The van der Waals surface area contributed by atoms with Gasteiger partial charge in [-0.3, -0.25) is 4.99 Å². The van der Waals surface area contributed by atoms with Gasteiger partial charge in [0.25, 0.3) is 0 Å². The quantitative estimate of drug-likeness (QED) is 0.263. The molecule has 6 heteroatoms. The lowest BCUT2D eigenvalue weighted by Crippen LogP contribution is -2.40. The van der Waals surface area contributed by atoms with Gasteiger partial charge in [0.1, 0.15) is 0 Å². The smallest absolute Gasteiger partial charge is 0.191 e. The standard InChI is InChI=1S/C18H33N3OS.HI/c1-4-7-16(9-10-22)14-21-18(19-5-2)20-13-15(3)12-17-8-6-11-23-17;/h6,8,11,15-16,22H,4-5,7,9-10,12-14H2,1-3H3,(H2,19,20,21);1H. The lowest BCUT2D eigenvalue weighted by Gasteiger charge is -2.18. The molecule has 0 radical (unpaired) electrons. The van der Waals surface area contributed by atoms with Crippen LogP contribution in [0.3, 0.4) is 0 Å².